The summed E-state index contributed by atoms with van der Waals surface area (Å²) in [5, 5.41) is 18.3. The van der Waals surface area contributed by atoms with Crippen molar-refractivity contribution in [2.45, 2.75) is 0 Å². The first kappa shape index (κ1) is 11.4. The van der Waals surface area contributed by atoms with Gasteiger partial charge in [-0.3, -0.25) is 0 Å². The molecule has 0 saturated carbocycles. The smallest absolute Gasteiger partial charge is 0.133 e. The Hall–Kier alpha value is -1.68. The highest BCUT2D eigenvalue weighted by Crippen LogP contribution is 2.34. The van der Waals surface area contributed by atoms with E-state index in [1.54, 1.807) is 12.1 Å². The van der Waals surface area contributed by atoms with Gasteiger partial charge in [-0.15, -0.1) is 0 Å². The molecule has 82 valence electrons. The van der Waals surface area contributed by atoms with E-state index in [0.29, 0.717) is 17.1 Å². The van der Waals surface area contributed by atoms with Crippen molar-refractivity contribution in [1.82, 2.24) is 0 Å². The number of phenols is 1. The number of methoxy groups -OCH3 is 2. The molecule has 0 amide bonds. The zero-order chi connectivity index (χ0) is 11.3. The quantitative estimate of drug-likeness (QED) is 0.789. The van der Waals surface area contributed by atoms with Crippen LogP contribution < -0.4 is 9.47 Å². The molecule has 0 atom stereocenters. The summed E-state index contributed by atoms with van der Waals surface area (Å²) in [7, 11) is 3.02. The third-order valence-corrected chi connectivity index (χ3v) is 1.94. The van der Waals surface area contributed by atoms with Crippen LogP contribution in [0, 0.1) is 0 Å². The molecule has 4 nitrogen and oxygen atoms in total. The van der Waals surface area contributed by atoms with Crippen LogP contribution >= 0.6 is 0 Å². The zero-order valence-corrected chi connectivity index (χ0v) is 8.73. The Kier molecular flexibility index (Phi) is 4.00. The average Bonchev–Trinajstić information content (AvgIpc) is 2.26. The molecule has 0 aliphatic carbocycles. The largest absolute Gasteiger partial charge is 0.507 e. The van der Waals surface area contributed by atoms with Crippen molar-refractivity contribution in [3.8, 4) is 17.2 Å². The molecule has 0 aliphatic rings. The Morgan fingerprint density at radius 2 is 2.00 bits per heavy atom. The third-order valence-electron chi connectivity index (χ3n) is 1.94. The van der Waals surface area contributed by atoms with Gasteiger partial charge in [0.15, 0.2) is 0 Å². The molecule has 0 unspecified atom stereocenters. The molecule has 1 aromatic carbocycles. The topological polar surface area (TPSA) is 58.9 Å². The van der Waals surface area contributed by atoms with E-state index in [1.807, 2.05) is 0 Å². The third kappa shape index (κ3) is 2.63. The molecule has 0 aromatic heterocycles. The van der Waals surface area contributed by atoms with E-state index in [1.165, 1.54) is 26.4 Å². The lowest BCUT2D eigenvalue weighted by Gasteiger charge is -2.09. The summed E-state index contributed by atoms with van der Waals surface area (Å²) < 4.78 is 10.1. The summed E-state index contributed by atoms with van der Waals surface area (Å²) in [6, 6.07) is 3.15. The van der Waals surface area contributed by atoms with Gasteiger partial charge >= 0.3 is 0 Å². The van der Waals surface area contributed by atoms with E-state index >= 15 is 0 Å². The van der Waals surface area contributed by atoms with Crippen LogP contribution in [0.15, 0.2) is 18.2 Å². The molecule has 0 fully saturated rings. The Labute approximate surface area is 88.4 Å². The van der Waals surface area contributed by atoms with Crippen molar-refractivity contribution >= 4 is 6.08 Å². The molecule has 0 aliphatic heterocycles. The minimum atomic E-state index is -0.0887. The first-order valence-corrected chi connectivity index (χ1v) is 4.45. The van der Waals surface area contributed by atoms with Gasteiger partial charge in [0, 0.05) is 12.1 Å². The minimum absolute atomic E-state index is 0.0518. The predicted octanol–water partition coefficient (Wildman–Crippen LogP) is 1.41. The van der Waals surface area contributed by atoms with Crippen molar-refractivity contribution in [2.24, 2.45) is 0 Å². The molecule has 15 heavy (non-hydrogen) atoms. The normalized spacial score (nSPS) is 10.6. The summed E-state index contributed by atoms with van der Waals surface area (Å²) >= 11 is 0. The maximum Gasteiger partial charge on any atom is 0.133 e. The second-order valence-electron chi connectivity index (χ2n) is 2.85. The molecule has 1 rings (SSSR count). The predicted molar refractivity (Wildman–Crippen MR) is 57.3 cm³/mol. The van der Waals surface area contributed by atoms with Gasteiger partial charge in [-0.05, 0) is 6.08 Å². The number of benzene rings is 1. The van der Waals surface area contributed by atoms with Crippen LogP contribution in [0.5, 0.6) is 17.2 Å². The van der Waals surface area contributed by atoms with Crippen LogP contribution in [0.1, 0.15) is 5.56 Å². The highest BCUT2D eigenvalue weighted by molar-refractivity contribution is 5.66. The van der Waals surface area contributed by atoms with Gasteiger partial charge in [0.1, 0.15) is 17.2 Å². The molecular weight excluding hydrogens is 196 g/mol. The minimum Gasteiger partial charge on any atom is -0.507 e. The van der Waals surface area contributed by atoms with Gasteiger partial charge in [-0.1, -0.05) is 6.08 Å². The van der Waals surface area contributed by atoms with Crippen molar-refractivity contribution in [1.29, 1.82) is 0 Å². The standard InChI is InChI=1S/C11H14O4/c1-14-8-6-10(13)9(4-3-5-12)11(7-8)15-2/h3-4,6-7,12-13H,5H2,1-2H3. The highest BCUT2D eigenvalue weighted by Gasteiger charge is 2.08. The Morgan fingerprint density at radius 1 is 1.27 bits per heavy atom. The fourth-order valence-corrected chi connectivity index (χ4v) is 1.21. The summed E-state index contributed by atoms with van der Waals surface area (Å²) in [5.41, 5.74) is 0.521. The van der Waals surface area contributed by atoms with E-state index in [4.69, 9.17) is 14.6 Å². The number of rotatable bonds is 4. The van der Waals surface area contributed by atoms with Crippen LogP contribution in [0.2, 0.25) is 0 Å². The molecule has 0 radical (unpaired) electrons. The van der Waals surface area contributed by atoms with Gasteiger partial charge < -0.3 is 19.7 Å². The van der Waals surface area contributed by atoms with E-state index in [-0.39, 0.29) is 12.4 Å². The van der Waals surface area contributed by atoms with Crippen LogP contribution in [0.25, 0.3) is 6.08 Å². The monoisotopic (exact) mass is 210 g/mol. The van der Waals surface area contributed by atoms with Gasteiger partial charge in [0.2, 0.25) is 0 Å². The summed E-state index contributed by atoms with van der Waals surface area (Å²) in [5.74, 6) is 1.07. The van der Waals surface area contributed by atoms with Crippen LogP contribution in [0.3, 0.4) is 0 Å². The molecule has 0 saturated heterocycles. The van der Waals surface area contributed by atoms with Crippen LogP contribution in [-0.2, 0) is 0 Å². The Balaban J connectivity index is 3.18. The highest BCUT2D eigenvalue weighted by atomic mass is 16.5. The summed E-state index contributed by atoms with van der Waals surface area (Å²) in [4.78, 5) is 0. The Bertz CT molecular complexity index is 358. The number of phenolic OH excluding ortho intramolecular Hbond substituents is 1. The van der Waals surface area contributed by atoms with Gasteiger partial charge in [-0.25, -0.2) is 0 Å². The van der Waals surface area contributed by atoms with Crippen LogP contribution in [-0.4, -0.2) is 31.0 Å². The van der Waals surface area contributed by atoms with E-state index in [0.717, 1.165) is 0 Å². The lowest BCUT2D eigenvalue weighted by atomic mass is 10.1. The first-order valence-electron chi connectivity index (χ1n) is 4.45. The van der Waals surface area contributed by atoms with Crippen molar-refractivity contribution in [3.05, 3.63) is 23.8 Å². The first-order chi connectivity index (χ1) is 7.22. The van der Waals surface area contributed by atoms with E-state index in [2.05, 4.69) is 0 Å². The molecule has 4 heteroatoms. The number of aliphatic hydroxyl groups is 1. The Morgan fingerprint density at radius 3 is 2.53 bits per heavy atom. The van der Waals surface area contributed by atoms with Gasteiger partial charge in [0.25, 0.3) is 0 Å². The summed E-state index contributed by atoms with van der Waals surface area (Å²) in [6.07, 6.45) is 3.11. The molecule has 2 N–H and O–H groups in total. The zero-order valence-electron chi connectivity index (χ0n) is 8.73. The lowest BCUT2D eigenvalue weighted by molar-refractivity contribution is 0.343. The molecule has 0 heterocycles. The van der Waals surface area contributed by atoms with Crippen molar-refractivity contribution in [3.63, 3.8) is 0 Å². The average molecular weight is 210 g/mol. The molecule has 0 bridgehead atoms. The maximum absolute atomic E-state index is 9.67. The summed E-state index contributed by atoms with van der Waals surface area (Å²) in [6.45, 7) is -0.0887. The number of hydrogen-bond donors (Lipinski definition) is 2. The number of ether oxygens (including phenoxy) is 2. The van der Waals surface area contributed by atoms with Crippen molar-refractivity contribution in [2.75, 3.05) is 20.8 Å². The molecule has 1 aromatic rings. The van der Waals surface area contributed by atoms with Gasteiger partial charge in [0.05, 0.1) is 26.4 Å². The number of aromatic hydroxyl groups is 1. The maximum atomic E-state index is 9.67. The second-order valence-corrected chi connectivity index (χ2v) is 2.85. The van der Waals surface area contributed by atoms with Gasteiger partial charge in [-0.2, -0.15) is 0 Å². The molecular formula is C11H14O4. The van der Waals surface area contributed by atoms with E-state index in [9.17, 15) is 5.11 Å². The lowest BCUT2D eigenvalue weighted by Crippen LogP contribution is -1.90. The van der Waals surface area contributed by atoms with E-state index < -0.39 is 0 Å². The fraction of sp³-hybridized carbons (Fsp3) is 0.273. The SMILES string of the molecule is COc1cc(O)c(C=CCO)c(OC)c1. The number of hydrogen-bond acceptors (Lipinski definition) is 4. The van der Waals surface area contributed by atoms with Crippen LogP contribution in [0.4, 0.5) is 0 Å². The van der Waals surface area contributed by atoms with Crippen molar-refractivity contribution < 1.29 is 19.7 Å². The second kappa shape index (κ2) is 5.26. The number of aliphatic hydroxyl groups excluding tert-OH is 1. The fourth-order valence-electron chi connectivity index (χ4n) is 1.21. The molecule has 0 spiro atoms.